The Balaban J connectivity index is 2.03. The Morgan fingerprint density at radius 3 is 2.45 bits per heavy atom. The van der Waals surface area contributed by atoms with Crippen LogP contribution in [0.3, 0.4) is 0 Å². The summed E-state index contributed by atoms with van der Waals surface area (Å²) in [6.45, 7) is 2.12. The highest BCUT2D eigenvalue weighted by atomic mass is 15.1. The number of pyridine rings is 1. The van der Waals surface area contributed by atoms with Gasteiger partial charge in [0, 0.05) is 16.5 Å². The van der Waals surface area contributed by atoms with E-state index in [0.29, 0.717) is 0 Å². The lowest BCUT2D eigenvalue weighted by Gasteiger charge is -2.08. The van der Waals surface area contributed by atoms with E-state index >= 15 is 0 Å². The van der Waals surface area contributed by atoms with Crippen molar-refractivity contribution in [2.24, 2.45) is 0 Å². The van der Waals surface area contributed by atoms with Crippen molar-refractivity contribution in [3.8, 4) is 5.82 Å². The zero-order chi connectivity index (χ0) is 13.5. The highest BCUT2D eigenvalue weighted by Crippen LogP contribution is 2.24. The van der Waals surface area contributed by atoms with Gasteiger partial charge in [-0.05, 0) is 37.3 Å². The van der Waals surface area contributed by atoms with E-state index in [1.165, 1.54) is 22.0 Å². The number of aromatic nitrogens is 2. The van der Waals surface area contributed by atoms with Gasteiger partial charge >= 0.3 is 0 Å². The van der Waals surface area contributed by atoms with Crippen LogP contribution in [0.15, 0.2) is 66.7 Å². The molecule has 2 heteroatoms. The zero-order valence-electron chi connectivity index (χ0n) is 11.2. The summed E-state index contributed by atoms with van der Waals surface area (Å²) in [6, 6.07) is 23.0. The predicted molar refractivity (Wildman–Crippen MR) is 83.3 cm³/mol. The number of hydrogen-bond donors (Lipinski definition) is 0. The lowest BCUT2D eigenvalue weighted by molar-refractivity contribution is 1.01. The van der Waals surface area contributed by atoms with Crippen LogP contribution in [0.5, 0.6) is 0 Å². The molecule has 2 aromatic carbocycles. The summed E-state index contributed by atoms with van der Waals surface area (Å²) in [5.41, 5.74) is 3.43. The van der Waals surface area contributed by atoms with E-state index in [0.717, 1.165) is 11.3 Å². The fourth-order valence-corrected chi connectivity index (χ4v) is 2.78. The van der Waals surface area contributed by atoms with E-state index in [4.69, 9.17) is 4.98 Å². The first kappa shape index (κ1) is 11.2. The maximum atomic E-state index is 4.79. The predicted octanol–water partition coefficient (Wildman–Crippen LogP) is 4.49. The molecule has 0 fully saturated rings. The molecule has 0 radical (unpaired) electrons. The van der Waals surface area contributed by atoms with Gasteiger partial charge in [0.05, 0.1) is 11.0 Å². The van der Waals surface area contributed by atoms with Gasteiger partial charge in [0.2, 0.25) is 0 Å². The fraction of sp³-hybridized carbons (Fsp3) is 0.0556. The summed E-state index contributed by atoms with van der Waals surface area (Å²) in [6.07, 6.45) is 0. The first-order valence-corrected chi connectivity index (χ1v) is 6.76. The lowest BCUT2D eigenvalue weighted by atomic mass is 10.2. The van der Waals surface area contributed by atoms with E-state index < -0.39 is 0 Å². The second kappa shape index (κ2) is 4.20. The number of aryl methyl sites for hydroxylation is 1. The third kappa shape index (κ3) is 1.62. The van der Waals surface area contributed by atoms with Crippen molar-refractivity contribution < 1.29 is 0 Å². The number of benzene rings is 2. The Bertz CT molecular complexity index is 919. The van der Waals surface area contributed by atoms with Gasteiger partial charge in [-0.3, -0.25) is 4.57 Å². The van der Waals surface area contributed by atoms with Crippen LogP contribution in [0.1, 0.15) is 5.69 Å². The first-order valence-electron chi connectivity index (χ1n) is 6.76. The minimum absolute atomic E-state index is 0.974. The minimum Gasteiger partial charge on any atom is -0.298 e. The molecule has 0 bridgehead atoms. The summed E-state index contributed by atoms with van der Waals surface area (Å²) >= 11 is 0. The van der Waals surface area contributed by atoms with Gasteiger partial charge in [-0.1, -0.05) is 36.4 Å². The van der Waals surface area contributed by atoms with E-state index in [9.17, 15) is 0 Å². The second-order valence-electron chi connectivity index (χ2n) is 5.04. The lowest BCUT2D eigenvalue weighted by Crippen LogP contribution is -1.99. The molecule has 4 aromatic rings. The van der Waals surface area contributed by atoms with E-state index in [1.54, 1.807) is 0 Å². The standard InChI is InChI=1S/C18H14N2/c1-13-12-15-7-3-5-9-17(15)20(13)18-11-10-14-6-2-4-8-16(14)19-18/h2-12H,1H3. The molecular formula is C18H14N2. The van der Waals surface area contributed by atoms with Gasteiger partial charge in [0.25, 0.3) is 0 Å². The quantitative estimate of drug-likeness (QED) is 0.492. The van der Waals surface area contributed by atoms with Crippen molar-refractivity contribution in [3.05, 3.63) is 72.4 Å². The molecule has 96 valence electrons. The molecule has 2 aromatic heterocycles. The summed E-state index contributed by atoms with van der Waals surface area (Å²) in [7, 11) is 0. The molecule has 20 heavy (non-hydrogen) atoms. The van der Waals surface area contributed by atoms with Crippen molar-refractivity contribution in [1.82, 2.24) is 9.55 Å². The van der Waals surface area contributed by atoms with Crippen LogP contribution >= 0.6 is 0 Å². The van der Waals surface area contributed by atoms with Gasteiger partial charge in [-0.25, -0.2) is 4.98 Å². The molecule has 0 saturated heterocycles. The molecular weight excluding hydrogens is 244 g/mol. The van der Waals surface area contributed by atoms with Crippen LogP contribution in [-0.2, 0) is 0 Å². The number of rotatable bonds is 1. The van der Waals surface area contributed by atoms with Gasteiger partial charge in [0.15, 0.2) is 0 Å². The number of fused-ring (bicyclic) bond motifs is 2. The molecule has 0 amide bonds. The van der Waals surface area contributed by atoms with Crippen molar-refractivity contribution in [2.75, 3.05) is 0 Å². The molecule has 0 saturated carbocycles. The van der Waals surface area contributed by atoms with Crippen LogP contribution in [0.2, 0.25) is 0 Å². The molecule has 2 heterocycles. The van der Waals surface area contributed by atoms with Crippen LogP contribution in [0, 0.1) is 6.92 Å². The normalized spacial score (nSPS) is 11.2. The third-order valence-corrected chi connectivity index (χ3v) is 3.71. The fourth-order valence-electron chi connectivity index (χ4n) is 2.78. The molecule has 0 unspecified atom stereocenters. The Morgan fingerprint density at radius 1 is 0.800 bits per heavy atom. The number of nitrogens with zero attached hydrogens (tertiary/aromatic N) is 2. The number of para-hydroxylation sites is 2. The Labute approximate surface area is 117 Å². The number of hydrogen-bond acceptors (Lipinski definition) is 1. The Kier molecular flexibility index (Phi) is 2.36. The Hall–Kier alpha value is -2.61. The molecule has 0 aliphatic carbocycles. The van der Waals surface area contributed by atoms with Crippen molar-refractivity contribution >= 4 is 21.8 Å². The second-order valence-corrected chi connectivity index (χ2v) is 5.04. The maximum absolute atomic E-state index is 4.79. The van der Waals surface area contributed by atoms with E-state index in [-0.39, 0.29) is 0 Å². The zero-order valence-corrected chi connectivity index (χ0v) is 11.2. The summed E-state index contributed by atoms with van der Waals surface area (Å²) in [4.78, 5) is 4.79. The average molecular weight is 258 g/mol. The molecule has 2 nitrogen and oxygen atoms in total. The minimum atomic E-state index is 0.974. The van der Waals surface area contributed by atoms with E-state index in [1.807, 2.05) is 12.1 Å². The SMILES string of the molecule is Cc1cc2ccccc2n1-c1ccc2ccccc2n1. The first-order chi connectivity index (χ1) is 9.83. The smallest absolute Gasteiger partial charge is 0.138 e. The van der Waals surface area contributed by atoms with Crippen LogP contribution in [0.4, 0.5) is 0 Å². The van der Waals surface area contributed by atoms with E-state index in [2.05, 4.69) is 66.1 Å². The van der Waals surface area contributed by atoms with Crippen LogP contribution < -0.4 is 0 Å². The molecule has 0 aliphatic rings. The summed E-state index contributed by atoms with van der Waals surface area (Å²) < 4.78 is 2.21. The van der Waals surface area contributed by atoms with Gasteiger partial charge < -0.3 is 0 Å². The van der Waals surface area contributed by atoms with Gasteiger partial charge in [-0.15, -0.1) is 0 Å². The molecule has 0 spiro atoms. The average Bonchev–Trinajstić information content (AvgIpc) is 2.82. The van der Waals surface area contributed by atoms with Gasteiger partial charge in [-0.2, -0.15) is 0 Å². The molecule has 0 aliphatic heterocycles. The van der Waals surface area contributed by atoms with Crippen molar-refractivity contribution in [2.45, 2.75) is 6.92 Å². The topological polar surface area (TPSA) is 17.8 Å². The summed E-state index contributed by atoms with van der Waals surface area (Å²) in [5.74, 6) is 0.974. The highest BCUT2D eigenvalue weighted by Gasteiger charge is 2.08. The van der Waals surface area contributed by atoms with Gasteiger partial charge in [0.1, 0.15) is 5.82 Å². The van der Waals surface area contributed by atoms with Crippen LogP contribution in [0.25, 0.3) is 27.6 Å². The van der Waals surface area contributed by atoms with Crippen LogP contribution in [-0.4, -0.2) is 9.55 Å². The van der Waals surface area contributed by atoms with Crippen molar-refractivity contribution in [1.29, 1.82) is 0 Å². The Morgan fingerprint density at radius 2 is 1.55 bits per heavy atom. The molecule has 4 rings (SSSR count). The monoisotopic (exact) mass is 258 g/mol. The molecule has 0 N–H and O–H groups in total. The maximum Gasteiger partial charge on any atom is 0.138 e. The molecule has 0 atom stereocenters. The third-order valence-electron chi connectivity index (χ3n) is 3.71. The highest BCUT2D eigenvalue weighted by molar-refractivity contribution is 5.84. The largest absolute Gasteiger partial charge is 0.298 e. The summed E-state index contributed by atoms with van der Waals surface area (Å²) in [5, 5.41) is 2.42. The van der Waals surface area contributed by atoms with Crippen molar-refractivity contribution in [3.63, 3.8) is 0 Å².